The number of nitro benzene ring substituents is 1. The second kappa shape index (κ2) is 8.13. The maximum Gasteiger partial charge on any atom is 0.270 e. The van der Waals surface area contributed by atoms with Crippen LogP contribution in [0.4, 0.5) is 5.69 Å². The highest BCUT2D eigenvalue weighted by atomic mass is 32.1. The summed E-state index contributed by atoms with van der Waals surface area (Å²) in [7, 11) is 0. The van der Waals surface area contributed by atoms with Crippen LogP contribution in [0.25, 0.3) is 11.3 Å². The number of hydrogen-bond acceptors (Lipinski definition) is 6. The monoisotopic (exact) mass is 365 g/mol. The number of thiazole rings is 1. The topological polar surface area (TPSA) is 85.7 Å². The Balaban J connectivity index is 2.00. The molecule has 0 N–H and O–H groups in total. The summed E-state index contributed by atoms with van der Waals surface area (Å²) in [4.78, 5) is 15.3. The van der Waals surface area contributed by atoms with Crippen molar-refractivity contribution in [2.45, 2.75) is 6.54 Å². The number of rotatable bonds is 6. The summed E-state index contributed by atoms with van der Waals surface area (Å²) in [6, 6.07) is 10.2. The molecule has 0 aliphatic rings. The van der Waals surface area contributed by atoms with Crippen molar-refractivity contribution in [2.75, 3.05) is 0 Å². The average Bonchev–Trinajstić information content (AvgIpc) is 3.06. The third kappa shape index (κ3) is 3.98. The second-order valence-corrected chi connectivity index (χ2v) is 6.08. The van der Waals surface area contributed by atoms with Gasteiger partial charge in [-0.2, -0.15) is 5.10 Å². The number of nitrogens with zero attached hydrogens (tertiary/aromatic N) is 5. The minimum atomic E-state index is -0.406. The summed E-state index contributed by atoms with van der Waals surface area (Å²) in [6.45, 7) is 4.29. The van der Waals surface area contributed by atoms with Gasteiger partial charge < -0.3 is 4.57 Å². The van der Waals surface area contributed by atoms with Gasteiger partial charge >= 0.3 is 0 Å². The van der Waals surface area contributed by atoms with E-state index < -0.39 is 4.92 Å². The van der Waals surface area contributed by atoms with Crippen LogP contribution in [0.3, 0.4) is 0 Å². The van der Waals surface area contributed by atoms with Crippen molar-refractivity contribution < 1.29 is 4.92 Å². The van der Waals surface area contributed by atoms with Crippen LogP contribution in [0.15, 0.2) is 77.0 Å². The lowest BCUT2D eigenvalue weighted by atomic mass is 10.1. The molecule has 0 spiro atoms. The summed E-state index contributed by atoms with van der Waals surface area (Å²) in [6.07, 6.45) is 6.76. The highest BCUT2D eigenvalue weighted by Crippen LogP contribution is 2.24. The number of allylic oxidation sites excluding steroid dienone is 1. The molecule has 0 amide bonds. The second-order valence-electron chi connectivity index (χ2n) is 5.24. The standard InChI is InChI=1S/C18H15N5O2S/c1-2-9-22-17(15-6-3-7-16(10-15)23(24)25)13-26-18(22)21-20-12-14-5-4-8-19-11-14/h2-8,10-13H,1,9H2/b20-12+,21-18+. The molecule has 0 radical (unpaired) electrons. The molecule has 0 saturated heterocycles. The highest BCUT2D eigenvalue weighted by molar-refractivity contribution is 7.07. The fourth-order valence-corrected chi connectivity index (χ4v) is 3.20. The Morgan fingerprint density at radius 1 is 1.35 bits per heavy atom. The van der Waals surface area contributed by atoms with Crippen molar-refractivity contribution in [3.63, 3.8) is 0 Å². The van der Waals surface area contributed by atoms with E-state index in [1.807, 2.05) is 28.1 Å². The molecule has 8 heteroatoms. The normalized spacial score (nSPS) is 11.8. The molecule has 7 nitrogen and oxygen atoms in total. The minimum absolute atomic E-state index is 0.0481. The van der Waals surface area contributed by atoms with Gasteiger partial charge in [-0.25, -0.2) is 0 Å². The molecule has 26 heavy (non-hydrogen) atoms. The van der Waals surface area contributed by atoms with Gasteiger partial charge in [0.05, 0.1) is 16.8 Å². The van der Waals surface area contributed by atoms with Crippen molar-refractivity contribution in [3.8, 4) is 11.3 Å². The van der Waals surface area contributed by atoms with E-state index in [4.69, 9.17) is 0 Å². The zero-order valence-electron chi connectivity index (χ0n) is 13.7. The molecule has 130 valence electrons. The lowest BCUT2D eigenvalue weighted by molar-refractivity contribution is -0.384. The molecule has 1 aromatic carbocycles. The summed E-state index contributed by atoms with van der Waals surface area (Å²) >= 11 is 1.41. The largest absolute Gasteiger partial charge is 0.311 e. The van der Waals surface area contributed by atoms with Gasteiger partial charge in [0.15, 0.2) is 0 Å². The highest BCUT2D eigenvalue weighted by Gasteiger charge is 2.11. The predicted octanol–water partition coefficient (Wildman–Crippen LogP) is 3.64. The lowest BCUT2D eigenvalue weighted by Gasteiger charge is -2.06. The number of benzene rings is 1. The van der Waals surface area contributed by atoms with Gasteiger partial charge in [-0.3, -0.25) is 15.1 Å². The third-order valence-corrected chi connectivity index (χ3v) is 4.35. The van der Waals surface area contributed by atoms with Gasteiger partial charge in [0.25, 0.3) is 5.69 Å². The molecule has 2 heterocycles. The van der Waals surface area contributed by atoms with Crippen LogP contribution in [0.5, 0.6) is 0 Å². The van der Waals surface area contributed by atoms with Gasteiger partial charge in [0.2, 0.25) is 4.80 Å². The maximum atomic E-state index is 11.0. The summed E-state index contributed by atoms with van der Waals surface area (Å²) < 4.78 is 1.91. The van der Waals surface area contributed by atoms with Crippen LogP contribution in [-0.4, -0.2) is 20.7 Å². The molecule has 0 fully saturated rings. The molecular weight excluding hydrogens is 350 g/mol. The van der Waals surface area contributed by atoms with Crippen molar-refractivity contribution in [1.29, 1.82) is 0 Å². The van der Waals surface area contributed by atoms with E-state index in [9.17, 15) is 10.1 Å². The van der Waals surface area contributed by atoms with Crippen LogP contribution >= 0.6 is 11.3 Å². The van der Waals surface area contributed by atoms with Gasteiger partial charge in [-0.1, -0.05) is 24.3 Å². The fraction of sp³-hybridized carbons (Fsp3) is 0.0556. The van der Waals surface area contributed by atoms with Crippen molar-refractivity contribution in [2.24, 2.45) is 10.2 Å². The van der Waals surface area contributed by atoms with Crippen LogP contribution in [0.1, 0.15) is 5.56 Å². The molecule has 0 saturated carbocycles. The van der Waals surface area contributed by atoms with Crippen molar-refractivity contribution in [1.82, 2.24) is 9.55 Å². The van der Waals surface area contributed by atoms with Gasteiger partial charge in [-0.05, 0) is 6.07 Å². The Morgan fingerprint density at radius 2 is 2.23 bits per heavy atom. The van der Waals surface area contributed by atoms with Crippen molar-refractivity contribution in [3.05, 3.63) is 87.3 Å². The molecule has 3 aromatic rings. The van der Waals surface area contributed by atoms with Crippen LogP contribution in [-0.2, 0) is 6.54 Å². The van der Waals surface area contributed by atoms with E-state index in [1.165, 1.54) is 17.4 Å². The zero-order chi connectivity index (χ0) is 18.4. The summed E-state index contributed by atoms with van der Waals surface area (Å²) in [5.74, 6) is 0. The lowest BCUT2D eigenvalue weighted by Crippen LogP contribution is -2.14. The Kier molecular flexibility index (Phi) is 5.45. The fourth-order valence-electron chi connectivity index (χ4n) is 2.32. The molecular formula is C18H15N5O2S. The Labute approximate surface area is 153 Å². The van der Waals surface area contributed by atoms with E-state index in [2.05, 4.69) is 21.8 Å². The number of aromatic nitrogens is 2. The first-order valence-electron chi connectivity index (χ1n) is 7.70. The third-order valence-electron chi connectivity index (χ3n) is 3.50. The molecule has 2 aromatic heterocycles. The smallest absolute Gasteiger partial charge is 0.270 e. The average molecular weight is 365 g/mol. The quantitative estimate of drug-likeness (QED) is 0.289. The van der Waals surface area contributed by atoms with E-state index in [0.29, 0.717) is 11.3 Å². The Bertz CT molecular complexity index is 1020. The number of non-ortho nitro benzene ring substituents is 1. The minimum Gasteiger partial charge on any atom is -0.311 e. The Morgan fingerprint density at radius 3 is 2.96 bits per heavy atom. The first kappa shape index (κ1) is 17.4. The number of pyridine rings is 1. The van der Waals surface area contributed by atoms with E-state index in [0.717, 1.165) is 16.8 Å². The molecule has 3 rings (SSSR count). The van der Waals surface area contributed by atoms with Gasteiger partial charge in [-0.15, -0.1) is 23.0 Å². The number of hydrogen-bond donors (Lipinski definition) is 0. The molecule has 0 atom stereocenters. The first-order valence-corrected chi connectivity index (χ1v) is 8.58. The van der Waals surface area contributed by atoms with Crippen LogP contribution in [0, 0.1) is 10.1 Å². The molecule has 0 aliphatic heterocycles. The first-order chi connectivity index (χ1) is 12.7. The predicted molar refractivity (Wildman–Crippen MR) is 102 cm³/mol. The van der Waals surface area contributed by atoms with Gasteiger partial charge in [0, 0.05) is 47.6 Å². The molecule has 0 unspecified atom stereocenters. The van der Waals surface area contributed by atoms with E-state index in [1.54, 1.807) is 36.8 Å². The summed E-state index contributed by atoms with van der Waals surface area (Å²) in [5.41, 5.74) is 2.47. The Hall–Kier alpha value is -3.39. The maximum absolute atomic E-state index is 11.0. The zero-order valence-corrected chi connectivity index (χ0v) is 14.5. The molecule has 0 aliphatic carbocycles. The SMILES string of the molecule is C=CCn1c(-c2cccc([N+](=O)[O-])c2)cs/c1=N/N=C/c1cccnc1. The molecule has 0 bridgehead atoms. The van der Waals surface area contributed by atoms with Crippen LogP contribution < -0.4 is 4.80 Å². The van der Waals surface area contributed by atoms with E-state index in [-0.39, 0.29) is 5.69 Å². The number of nitro groups is 1. The van der Waals surface area contributed by atoms with Gasteiger partial charge in [0.1, 0.15) is 0 Å². The summed E-state index contributed by atoms with van der Waals surface area (Å²) in [5, 5.41) is 21.3. The van der Waals surface area contributed by atoms with Crippen molar-refractivity contribution >= 4 is 23.2 Å². The van der Waals surface area contributed by atoms with Crippen LogP contribution in [0.2, 0.25) is 0 Å². The van der Waals surface area contributed by atoms with E-state index >= 15 is 0 Å².